The lowest BCUT2D eigenvalue weighted by atomic mass is 10.0. The van der Waals surface area contributed by atoms with Gasteiger partial charge in [0.25, 0.3) is 0 Å². The van der Waals surface area contributed by atoms with Gasteiger partial charge in [0, 0.05) is 0 Å². The Morgan fingerprint density at radius 3 is 2.31 bits per heavy atom. The van der Waals surface area contributed by atoms with Crippen LogP contribution in [-0.4, -0.2) is 23.3 Å². The minimum Gasteiger partial charge on any atom is -0.480 e. The predicted molar refractivity (Wildman–Crippen MR) is 38.6 cm³/mol. The molecule has 0 aliphatic rings. The average Bonchev–Trinajstić information content (AvgIpc) is 1.96. The fourth-order valence-corrected chi connectivity index (χ4v) is 0.651. The average molecular weight is 195 g/mol. The highest BCUT2D eigenvalue weighted by Crippen LogP contribution is 2.28. The lowest BCUT2D eigenvalue weighted by Crippen LogP contribution is -2.36. The van der Waals surface area contributed by atoms with Gasteiger partial charge < -0.3 is 10.8 Å². The summed E-state index contributed by atoms with van der Waals surface area (Å²) < 4.78 is 35.9. The summed E-state index contributed by atoms with van der Waals surface area (Å²) in [6, 6.07) is -1.58. The third-order valence-electron chi connectivity index (χ3n) is 1.40. The first-order chi connectivity index (χ1) is 5.79. The number of hydrogen-bond acceptors (Lipinski definition) is 2. The molecule has 0 aliphatic carbocycles. The molecule has 2 atom stereocenters. The quantitative estimate of drug-likeness (QED) is 0.648. The van der Waals surface area contributed by atoms with Crippen LogP contribution in [0.4, 0.5) is 13.2 Å². The molecule has 3 nitrogen and oxygen atoms in total. The molecule has 0 unspecified atom stereocenters. The Bertz CT molecular complexity index is 231. The van der Waals surface area contributed by atoms with Crippen molar-refractivity contribution in [2.75, 3.05) is 0 Å². The van der Waals surface area contributed by atoms with Crippen LogP contribution in [0, 0.1) is 18.3 Å². The Balaban J connectivity index is 4.33. The van der Waals surface area contributed by atoms with Gasteiger partial charge in [-0.1, -0.05) is 5.92 Å². The van der Waals surface area contributed by atoms with Gasteiger partial charge in [-0.05, 0) is 6.42 Å². The molecule has 6 heteroatoms. The van der Waals surface area contributed by atoms with E-state index in [-0.39, 0.29) is 0 Å². The summed E-state index contributed by atoms with van der Waals surface area (Å²) in [6.07, 6.45) is -0.803. The summed E-state index contributed by atoms with van der Waals surface area (Å²) >= 11 is 0. The van der Waals surface area contributed by atoms with E-state index in [1.54, 1.807) is 0 Å². The zero-order chi connectivity index (χ0) is 10.6. The maximum atomic E-state index is 12.0. The van der Waals surface area contributed by atoms with E-state index < -0.39 is 30.5 Å². The first kappa shape index (κ1) is 11.8. The van der Waals surface area contributed by atoms with E-state index in [1.165, 1.54) is 5.92 Å². The summed E-state index contributed by atoms with van der Waals surface area (Å²) in [5.41, 5.74) is 4.89. The van der Waals surface area contributed by atoms with Gasteiger partial charge in [0.1, 0.15) is 12.0 Å². The molecular formula is C7H8F3NO2. The molecule has 0 rings (SSSR count). The number of carboxylic acids is 1. The minimum absolute atomic E-state index is 0.796. The first-order valence-corrected chi connectivity index (χ1v) is 3.30. The summed E-state index contributed by atoms with van der Waals surface area (Å²) in [5, 5.41) is 8.23. The van der Waals surface area contributed by atoms with E-state index in [9.17, 15) is 18.0 Å². The van der Waals surface area contributed by atoms with Crippen molar-refractivity contribution in [3.8, 4) is 12.3 Å². The number of aliphatic carboxylic acids is 1. The molecule has 13 heavy (non-hydrogen) atoms. The molecule has 0 aliphatic heterocycles. The maximum absolute atomic E-state index is 12.0. The summed E-state index contributed by atoms with van der Waals surface area (Å²) in [7, 11) is 0. The molecule has 0 saturated carbocycles. The molecule has 74 valence electrons. The number of hydrogen-bond donors (Lipinski definition) is 2. The van der Waals surface area contributed by atoms with Crippen molar-refractivity contribution in [2.24, 2.45) is 11.7 Å². The van der Waals surface area contributed by atoms with Crippen LogP contribution >= 0.6 is 0 Å². The van der Waals surface area contributed by atoms with E-state index in [2.05, 4.69) is 6.42 Å². The van der Waals surface area contributed by atoms with Gasteiger partial charge in [-0.25, -0.2) is 0 Å². The number of alkyl halides is 3. The van der Waals surface area contributed by atoms with Gasteiger partial charge in [-0.15, -0.1) is 6.42 Å². The van der Waals surface area contributed by atoms with Crippen LogP contribution in [0.15, 0.2) is 0 Å². The van der Waals surface area contributed by atoms with Gasteiger partial charge in [0.2, 0.25) is 0 Å². The zero-order valence-corrected chi connectivity index (χ0v) is 6.51. The second kappa shape index (κ2) is 4.14. The van der Waals surface area contributed by atoms with Crippen molar-refractivity contribution in [3.05, 3.63) is 0 Å². The minimum atomic E-state index is -4.60. The van der Waals surface area contributed by atoms with Crippen LogP contribution in [0.2, 0.25) is 0 Å². The molecule has 0 aromatic carbocycles. The number of carboxylic acid groups (broad SMARTS) is 1. The molecule has 0 fully saturated rings. The number of nitrogens with two attached hydrogens (primary N) is 1. The number of halogens is 3. The Kier molecular flexibility index (Phi) is 3.75. The molecule has 3 N–H and O–H groups in total. The van der Waals surface area contributed by atoms with Crippen molar-refractivity contribution < 1.29 is 23.1 Å². The lowest BCUT2D eigenvalue weighted by molar-refractivity contribution is -0.163. The van der Waals surface area contributed by atoms with Crippen molar-refractivity contribution in [2.45, 2.75) is 18.6 Å². The van der Waals surface area contributed by atoms with E-state index in [1.807, 2.05) is 0 Å². The maximum Gasteiger partial charge on any atom is 0.402 e. The zero-order valence-electron chi connectivity index (χ0n) is 6.51. The van der Waals surface area contributed by atoms with Crippen LogP contribution in [0.3, 0.4) is 0 Å². The Morgan fingerprint density at radius 1 is 1.62 bits per heavy atom. The monoisotopic (exact) mass is 195 g/mol. The van der Waals surface area contributed by atoms with Crippen LogP contribution in [0.25, 0.3) is 0 Å². The highest BCUT2D eigenvalue weighted by Gasteiger charge is 2.40. The second-order valence-corrected chi connectivity index (χ2v) is 2.44. The molecule has 0 amide bonds. The fourth-order valence-electron chi connectivity index (χ4n) is 0.651. The van der Waals surface area contributed by atoms with Crippen molar-refractivity contribution >= 4 is 5.97 Å². The summed E-state index contributed by atoms with van der Waals surface area (Å²) in [4.78, 5) is 10.1. The molecular weight excluding hydrogens is 187 g/mol. The number of rotatable bonds is 3. The number of terminal acetylenes is 1. The van der Waals surface area contributed by atoms with Crippen LogP contribution in [-0.2, 0) is 4.79 Å². The van der Waals surface area contributed by atoms with Crippen LogP contribution in [0.1, 0.15) is 6.42 Å². The Hall–Kier alpha value is -1.22. The largest absolute Gasteiger partial charge is 0.480 e. The molecule has 0 spiro atoms. The van der Waals surface area contributed by atoms with Gasteiger partial charge in [0.15, 0.2) is 0 Å². The van der Waals surface area contributed by atoms with Gasteiger partial charge in [-0.3, -0.25) is 4.79 Å². The predicted octanol–water partition coefficient (Wildman–Crippen LogP) is 0.600. The van der Waals surface area contributed by atoms with Crippen LogP contribution < -0.4 is 5.73 Å². The molecule has 0 aromatic heterocycles. The van der Waals surface area contributed by atoms with Crippen LogP contribution in [0.5, 0.6) is 0 Å². The molecule has 0 bridgehead atoms. The molecule has 0 radical (unpaired) electrons. The smallest absolute Gasteiger partial charge is 0.402 e. The molecule has 0 saturated heterocycles. The Morgan fingerprint density at radius 2 is 2.08 bits per heavy atom. The highest BCUT2D eigenvalue weighted by atomic mass is 19.4. The summed E-state index contributed by atoms with van der Waals surface area (Å²) in [6.45, 7) is 0. The highest BCUT2D eigenvalue weighted by molar-refractivity contribution is 5.73. The standard InChI is InChI=1S/C7H8F3NO2/c1-2-4(7(8,9)10)3-5(11)6(12)13/h1,4-5H,3,11H2,(H,12,13)/t4-,5-/m0/s1. The first-order valence-electron chi connectivity index (χ1n) is 3.30. The normalized spacial score (nSPS) is 15.9. The van der Waals surface area contributed by atoms with Crippen molar-refractivity contribution in [3.63, 3.8) is 0 Å². The topological polar surface area (TPSA) is 63.3 Å². The van der Waals surface area contributed by atoms with Crippen molar-refractivity contribution in [1.29, 1.82) is 0 Å². The fraction of sp³-hybridized carbons (Fsp3) is 0.571. The molecule has 0 heterocycles. The van der Waals surface area contributed by atoms with Gasteiger partial charge in [0.05, 0.1) is 0 Å². The summed E-state index contributed by atoms with van der Waals surface area (Å²) in [5.74, 6) is -2.13. The van der Waals surface area contributed by atoms with Gasteiger partial charge in [-0.2, -0.15) is 13.2 Å². The second-order valence-electron chi connectivity index (χ2n) is 2.44. The van der Waals surface area contributed by atoms with E-state index in [4.69, 9.17) is 10.8 Å². The van der Waals surface area contributed by atoms with E-state index >= 15 is 0 Å². The number of carbonyl (C=O) groups is 1. The third kappa shape index (κ3) is 3.80. The molecule has 0 aromatic rings. The SMILES string of the molecule is C#C[C@@H](C[C@H](N)C(=O)O)C(F)(F)F. The lowest BCUT2D eigenvalue weighted by Gasteiger charge is -2.16. The Labute approximate surface area is 72.7 Å². The van der Waals surface area contributed by atoms with E-state index in [0.717, 1.165) is 0 Å². The third-order valence-corrected chi connectivity index (χ3v) is 1.40. The van der Waals surface area contributed by atoms with Gasteiger partial charge >= 0.3 is 12.1 Å². The van der Waals surface area contributed by atoms with E-state index in [0.29, 0.717) is 0 Å². The van der Waals surface area contributed by atoms with Crippen molar-refractivity contribution in [1.82, 2.24) is 0 Å².